The van der Waals surface area contributed by atoms with Crippen LogP contribution < -0.4 is 4.90 Å². The number of carboxylic acid groups (broad SMARTS) is 1. The van der Waals surface area contributed by atoms with E-state index >= 15 is 0 Å². The Morgan fingerprint density at radius 3 is 2.71 bits per heavy atom. The molecule has 0 unspecified atom stereocenters. The smallest absolute Gasteiger partial charge is 0.328 e. The number of hydrogen-bond acceptors (Lipinski definition) is 3. The minimum absolute atomic E-state index is 0.655. The Hall–Kier alpha value is -2.33. The first-order valence-corrected chi connectivity index (χ1v) is 6.75. The molecule has 0 saturated carbocycles. The molecule has 0 radical (unpaired) electrons. The van der Waals surface area contributed by atoms with E-state index in [0.29, 0.717) is 11.6 Å². The van der Waals surface area contributed by atoms with E-state index in [9.17, 15) is 4.79 Å². The van der Waals surface area contributed by atoms with E-state index in [1.807, 2.05) is 42.3 Å². The summed E-state index contributed by atoms with van der Waals surface area (Å²) in [5.74, 6) is -0.255. The van der Waals surface area contributed by atoms with Gasteiger partial charge >= 0.3 is 5.97 Å². The molecule has 2 rings (SSSR count). The van der Waals surface area contributed by atoms with Crippen molar-refractivity contribution < 1.29 is 9.90 Å². The van der Waals surface area contributed by atoms with Crippen LogP contribution in [0.25, 0.3) is 6.08 Å². The zero-order chi connectivity index (χ0) is 15.2. The molecule has 0 spiro atoms. The number of nitrogens with zero attached hydrogens (tertiary/aromatic N) is 2. The standard InChI is InChI=1S/C16H15ClN2O2/c1-19(11-12-4-7-14(17)8-5-12)16-13(3-2-10-18-16)6-9-15(20)21/h2-10H,11H2,1H3,(H,20,21)/b9-6+. The minimum Gasteiger partial charge on any atom is -0.478 e. The Morgan fingerprint density at radius 2 is 2.05 bits per heavy atom. The SMILES string of the molecule is CN(Cc1ccc(Cl)cc1)c1ncccc1/C=C/C(=O)O. The van der Waals surface area contributed by atoms with Crippen LogP contribution >= 0.6 is 11.6 Å². The second-order valence-corrected chi connectivity index (χ2v) is 5.01. The molecule has 2 aromatic rings. The number of rotatable bonds is 5. The molecule has 1 aromatic carbocycles. The number of carbonyl (C=O) groups is 1. The predicted octanol–water partition coefficient (Wildman–Crippen LogP) is 3.47. The molecule has 0 aliphatic carbocycles. The molecule has 0 aliphatic heterocycles. The average molecular weight is 303 g/mol. The van der Waals surface area contributed by atoms with Gasteiger partial charge in [0.05, 0.1) is 0 Å². The molecule has 0 saturated heterocycles. The first kappa shape index (κ1) is 15.1. The quantitative estimate of drug-likeness (QED) is 0.859. The van der Waals surface area contributed by atoms with Crippen molar-refractivity contribution in [2.45, 2.75) is 6.54 Å². The summed E-state index contributed by atoms with van der Waals surface area (Å²) in [6, 6.07) is 11.2. The van der Waals surface area contributed by atoms with Crippen molar-refractivity contribution in [3.8, 4) is 0 Å². The minimum atomic E-state index is -0.981. The third-order valence-corrected chi connectivity index (χ3v) is 3.17. The summed E-state index contributed by atoms with van der Waals surface area (Å²) in [7, 11) is 1.91. The number of pyridine rings is 1. The van der Waals surface area contributed by atoms with E-state index < -0.39 is 5.97 Å². The highest BCUT2D eigenvalue weighted by Crippen LogP contribution is 2.20. The molecule has 5 heteroatoms. The van der Waals surface area contributed by atoms with Crippen LogP contribution in [0.15, 0.2) is 48.7 Å². The van der Waals surface area contributed by atoms with E-state index in [1.165, 1.54) is 0 Å². The fourth-order valence-electron chi connectivity index (χ4n) is 1.96. The lowest BCUT2D eigenvalue weighted by molar-refractivity contribution is -0.131. The maximum Gasteiger partial charge on any atom is 0.328 e. The molecular formula is C16H15ClN2O2. The topological polar surface area (TPSA) is 53.4 Å². The number of halogens is 1. The Morgan fingerprint density at radius 1 is 1.33 bits per heavy atom. The predicted molar refractivity (Wildman–Crippen MR) is 84.5 cm³/mol. The average Bonchev–Trinajstić information content (AvgIpc) is 2.47. The van der Waals surface area contributed by atoms with Crippen molar-refractivity contribution in [2.24, 2.45) is 0 Å². The molecule has 1 N–H and O–H groups in total. The first-order valence-electron chi connectivity index (χ1n) is 6.38. The van der Waals surface area contributed by atoms with Crippen molar-refractivity contribution in [3.05, 3.63) is 64.8 Å². The zero-order valence-electron chi connectivity index (χ0n) is 11.5. The van der Waals surface area contributed by atoms with Gasteiger partial charge in [-0.15, -0.1) is 0 Å². The Kier molecular flexibility index (Phi) is 4.95. The molecule has 1 aromatic heterocycles. The number of aliphatic carboxylic acids is 1. The summed E-state index contributed by atoms with van der Waals surface area (Å²) in [6.07, 6.45) is 4.34. The summed E-state index contributed by atoms with van der Waals surface area (Å²) in [6.45, 7) is 0.655. The van der Waals surface area contributed by atoms with Gasteiger partial charge in [0, 0.05) is 36.5 Å². The fraction of sp³-hybridized carbons (Fsp3) is 0.125. The van der Waals surface area contributed by atoms with Crippen LogP contribution in [-0.2, 0) is 11.3 Å². The molecule has 0 amide bonds. The Labute approximate surface area is 128 Å². The highest BCUT2D eigenvalue weighted by Gasteiger charge is 2.07. The molecule has 108 valence electrons. The van der Waals surface area contributed by atoms with Gasteiger partial charge in [0.15, 0.2) is 0 Å². The molecular weight excluding hydrogens is 288 g/mol. The van der Waals surface area contributed by atoms with Crippen LogP contribution in [0.4, 0.5) is 5.82 Å². The second kappa shape index (κ2) is 6.90. The van der Waals surface area contributed by atoms with Gasteiger partial charge in [-0.05, 0) is 35.9 Å². The number of aromatic nitrogens is 1. The van der Waals surface area contributed by atoms with Crippen molar-refractivity contribution in [1.82, 2.24) is 4.98 Å². The molecule has 21 heavy (non-hydrogen) atoms. The monoisotopic (exact) mass is 302 g/mol. The third-order valence-electron chi connectivity index (χ3n) is 2.92. The van der Waals surface area contributed by atoms with Gasteiger partial charge in [-0.2, -0.15) is 0 Å². The molecule has 4 nitrogen and oxygen atoms in total. The number of hydrogen-bond donors (Lipinski definition) is 1. The summed E-state index contributed by atoms with van der Waals surface area (Å²) in [5.41, 5.74) is 1.86. The molecule has 0 aliphatic rings. The van der Waals surface area contributed by atoms with Gasteiger partial charge in [0.1, 0.15) is 5.82 Å². The van der Waals surface area contributed by atoms with E-state index in [1.54, 1.807) is 18.3 Å². The van der Waals surface area contributed by atoms with Crippen LogP contribution in [0.3, 0.4) is 0 Å². The van der Waals surface area contributed by atoms with Crippen LogP contribution in [0.1, 0.15) is 11.1 Å². The van der Waals surface area contributed by atoms with Crippen molar-refractivity contribution in [3.63, 3.8) is 0 Å². The highest BCUT2D eigenvalue weighted by atomic mass is 35.5. The fourth-order valence-corrected chi connectivity index (χ4v) is 2.08. The third kappa shape index (κ3) is 4.33. The summed E-state index contributed by atoms with van der Waals surface area (Å²) in [5, 5.41) is 9.43. The first-order chi connectivity index (χ1) is 10.1. The van der Waals surface area contributed by atoms with E-state index in [0.717, 1.165) is 23.0 Å². The molecule has 0 bridgehead atoms. The van der Waals surface area contributed by atoms with E-state index in [4.69, 9.17) is 16.7 Å². The lowest BCUT2D eigenvalue weighted by Gasteiger charge is -2.20. The Bertz CT molecular complexity index is 654. The molecule has 0 atom stereocenters. The lowest BCUT2D eigenvalue weighted by atomic mass is 10.2. The van der Waals surface area contributed by atoms with Gasteiger partial charge in [-0.1, -0.05) is 23.7 Å². The molecule has 0 fully saturated rings. The largest absolute Gasteiger partial charge is 0.478 e. The Balaban J connectivity index is 2.20. The van der Waals surface area contributed by atoms with E-state index in [-0.39, 0.29) is 0 Å². The summed E-state index contributed by atoms with van der Waals surface area (Å²) in [4.78, 5) is 16.9. The molecule has 1 heterocycles. The maximum atomic E-state index is 10.6. The summed E-state index contributed by atoms with van der Waals surface area (Å²) >= 11 is 5.87. The van der Waals surface area contributed by atoms with Gasteiger partial charge in [0.2, 0.25) is 0 Å². The van der Waals surface area contributed by atoms with Crippen LogP contribution in [0.5, 0.6) is 0 Å². The van der Waals surface area contributed by atoms with Gasteiger partial charge in [0.25, 0.3) is 0 Å². The van der Waals surface area contributed by atoms with Crippen LogP contribution in [-0.4, -0.2) is 23.1 Å². The van der Waals surface area contributed by atoms with Gasteiger partial charge < -0.3 is 10.0 Å². The van der Waals surface area contributed by atoms with Crippen LogP contribution in [0.2, 0.25) is 5.02 Å². The summed E-state index contributed by atoms with van der Waals surface area (Å²) < 4.78 is 0. The number of carboxylic acids is 1. The van der Waals surface area contributed by atoms with E-state index in [2.05, 4.69) is 4.98 Å². The normalized spacial score (nSPS) is 10.8. The van der Waals surface area contributed by atoms with Crippen molar-refractivity contribution >= 4 is 29.5 Å². The second-order valence-electron chi connectivity index (χ2n) is 4.57. The van der Waals surface area contributed by atoms with Crippen LogP contribution in [0, 0.1) is 0 Å². The van der Waals surface area contributed by atoms with Crippen molar-refractivity contribution in [1.29, 1.82) is 0 Å². The van der Waals surface area contributed by atoms with Crippen molar-refractivity contribution in [2.75, 3.05) is 11.9 Å². The number of benzene rings is 1. The zero-order valence-corrected chi connectivity index (χ0v) is 12.3. The highest BCUT2D eigenvalue weighted by molar-refractivity contribution is 6.30. The number of anilines is 1. The van der Waals surface area contributed by atoms with Gasteiger partial charge in [-0.25, -0.2) is 9.78 Å². The lowest BCUT2D eigenvalue weighted by Crippen LogP contribution is -2.18. The van der Waals surface area contributed by atoms with Gasteiger partial charge in [-0.3, -0.25) is 0 Å². The maximum absolute atomic E-state index is 10.6.